The number of rotatable bonds is 7. The second-order valence-corrected chi connectivity index (χ2v) is 6.24. The van der Waals surface area contributed by atoms with E-state index >= 15 is 0 Å². The second-order valence-electron chi connectivity index (χ2n) is 4.96. The summed E-state index contributed by atoms with van der Waals surface area (Å²) in [5, 5.41) is 8.91. The van der Waals surface area contributed by atoms with Gasteiger partial charge in [0.25, 0.3) is 0 Å². The monoisotopic (exact) mass is 336 g/mol. The standard InChI is InChI=1S/C15H20N4O3S/c1-10-13(23-11(2)19-10)5-6-16-15(21)18-9-14(20)17-8-12-4-3-7-22-12/h3-4,7H,5-6,8-9H2,1-2H3,(H,17,20)(H2,16,18,21). The highest BCUT2D eigenvalue weighted by atomic mass is 32.1. The Morgan fingerprint density at radius 1 is 1.26 bits per heavy atom. The fraction of sp³-hybridized carbons (Fsp3) is 0.400. The first-order valence-electron chi connectivity index (χ1n) is 7.28. The zero-order chi connectivity index (χ0) is 16.7. The number of thiazole rings is 1. The van der Waals surface area contributed by atoms with Gasteiger partial charge in [0.05, 0.1) is 30.1 Å². The molecule has 0 saturated carbocycles. The van der Waals surface area contributed by atoms with Gasteiger partial charge < -0.3 is 20.4 Å². The summed E-state index contributed by atoms with van der Waals surface area (Å²) in [5.41, 5.74) is 1.01. The molecule has 2 rings (SSSR count). The van der Waals surface area contributed by atoms with Crippen LogP contribution in [0.2, 0.25) is 0 Å². The second kappa shape index (κ2) is 8.33. The number of hydrogen-bond acceptors (Lipinski definition) is 5. The van der Waals surface area contributed by atoms with E-state index in [0.717, 1.165) is 17.1 Å². The van der Waals surface area contributed by atoms with Gasteiger partial charge in [-0.3, -0.25) is 4.79 Å². The molecule has 8 heteroatoms. The molecule has 2 aromatic heterocycles. The lowest BCUT2D eigenvalue weighted by molar-refractivity contribution is -0.120. The smallest absolute Gasteiger partial charge is 0.315 e. The molecular formula is C15H20N4O3S. The molecule has 0 saturated heterocycles. The number of aryl methyl sites for hydroxylation is 2. The molecule has 2 aromatic rings. The summed E-state index contributed by atoms with van der Waals surface area (Å²) in [6.45, 7) is 4.65. The van der Waals surface area contributed by atoms with Crippen molar-refractivity contribution in [2.45, 2.75) is 26.8 Å². The molecule has 0 fully saturated rings. The highest BCUT2D eigenvalue weighted by molar-refractivity contribution is 7.11. The number of furan rings is 1. The number of hydrogen-bond donors (Lipinski definition) is 3. The van der Waals surface area contributed by atoms with Gasteiger partial charge in [0.15, 0.2) is 0 Å². The number of carbonyl (C=O) groups excluding carboxylic acids is 2. The minimum absolute atomic E-state index is 0.0781. The normalized spacial score (nSPS) is 10.3. The quantitative estimate of drug-likeness (QED) is 0.714. The summed E-state index contributed by atoms with van der Waals surface area (Å²) < 4.78 is 5.10. The van der Waals surface area contributed by atoms with Crippen LogP contribution >= 0.6 is 11.3 Å². The van der Waals surface area contributed by atoms with Gasteiger partial charge in [-0.05, 0) is 26.0 Å². The molecule has 3 N–H and O–H groups in total. The van der Waals surface area contributed by atoms with Crippen molar-refractivity contribution >= 4 is 23.3 Å². The maximum absolute atomic E-state index is 11.6. The molecule has 7 nitrogen and oxygen atoms in total. The lowest BCUT2D eigenvalue weighted by Gasteiger charge is -2.07. The number of nitrogens with zero attached hydrogens (tertiary/aromatic N) is 1. The van der Waals surface area contributed by atoms with Crippen molar-refractivity contribution < 1.29 is 14.0 Å². The van der Waals surface area contributed by atoms with Gasteiger partial charge in [0.1, 0.15) is 5.76 Å². The van der Waals surface area contributed by atoms with E-state index in [1.807, 2.05) is 13.8 Å². The summed E-state index contributed by atoms with van der Waals surface area (Å²) in [4.78, 5) is 28.7. The molecule has 0 radical (unpaired) electrons. The molecule has 0 aliphatic heterocycles. The van der Waals surface area contributed by atoms with Crippen LogP contribution in [0.3, 0.4) is 0 Å². The van der Waals surface area contributed by atoms with Gasteiger partial charge >= 0.3 is 6.03 Å². The number of urea groups is 1. The Hall–Kier alpha value is -2.35. The van der Waals surface area contributed by atoms with E-state index in [-0.39, 0.29) is 18.5 Å². The summed E-state index contributed by atoms with van der Waals surface area (Å²) in [5.74, 6) is 0.392. The Kier molecular flexibility index (Phi) is 6.16. The van der Waals surface area contributed by atoms with Crippen LogP contribution in [0.4, 0.5) is 4.79 Å². The van der Waals surface area contributed by atoms with E-state index in [1.165, 1.54) is 4.88 Å². The summed E-state index contributed by atoms with van der Waals surface area (Å²) in [6.07, 6.45) is 2.27. The number of amides is 3. The third-order valence-electron chi connectivity index (χ3n) is 3.09. The molecule has 0 unspecified atom stereocenters. The average Bonchev–Trinajstić information content (AvgIpc) is 3.13. The van der Waals surface area contributed by atoms with Crippen molar-refractivity contribution in [1.29, 1.82) is 0 Å². The Morgan fingerprint density at radius 3 is 2.74 bits per heavy atom. The zero-order valence-electron chi connectivity index (χ0n) is 13.1. The Bertz CT molecular complexity index is 652. The third kappa shape index (κ3) is 5.74. The molecule has 0 bridgehead atoms. The Balaban J connectivity index is 1.59. The molecule has 0 atom stereocenters. The van der Waals surface area contributed by atoms with Crippen LogP contribution in [-0.4, -0.2) is 30.0 Å². The van der Waals surface area contributed by atoms with Crippen molar-refractivity contribution in [1.82, 2.24) is 20.9 Å². The van der Waals surface area contributed by atoms with E-state index in [4.69, 9.17) is 4.42 Å². The van der Waals surface area contributed by atoms with Gasteiger partial charge in [-0.2, -0.15) is 0 Å². The number of nitrogens with one attached hydrogen (secondary N) is 3. The molecule has 2 heterocycles. The molecule has 3 amide bonds. The lowest BCUT2D eigenvalue weighted by atomic mass is 10.3. The molecule has 0 aliphatic rings. The fourth-order valence-electron chi connectivity index (χ4n) is 1.98. The van der Waals surface area contributed by atoms with E-state index in [2.05, 4.69) is 20.9 Å². The molecule has 0 aromatic carbocycles. The maximum atomic E-state index is 11.6. The van der Waals surface area contributed by atoms with E-state index in [0.29, 0.717) is 18.8 Å². The van der Waals surface area contributed by atoms with Gasteiger partial charge in [-0.15, -0.1) is 11.3 Å². The minimum Gasteiger partial charge on any atom is -0.467 e. The first-order valence-corrected chi connectivity index (χ1v) is 8.10. The van der Waals surface area contributed by atoms with Crippen LogP contribution in [0.5, 0.6) is 0 Å². The van der Waals surface area contributed by atoms with Crippen LogP contribution in [0.1, 0.15) is 21.3 Å². The predicted molar refractivity (Wildman–Crippen MR) is 87.2 cm³/mol. The van der Waals surface area contributed by atoms with Crippen molar-refractivity contribution in [3.8, 4) is 0 Å². The highest BCUT2D eigenvalue weighted by Crippen LogP contribution is 2.16. The zero-order valence-corrected chi connectivity index (χ0v) is 14.0. The van der Waals surface area contributed by atoms with Crippen molar-refractivity contribution in [3.05, 3.63) is 39.7 Å². The van der Waals surface area contributed by atoms with Crippen LogP contribution in [0.15, 0.2) is 22.8 Å². The SMILES string of the molecule is Cc1nc(C)c(CCNC(=O)NCC(=O)NCc2ccco2)s1. The number of aromatic nitrogens is 1. The minimum atomic E-state index is -0.364. The largest absolute Gasteiger partial charge is 0.467 e. The molecule has 23 heavy (non-hydrogen) atoms. The summed E-state index contributed by atoms with van der Waals surface area (Å²) in [6, 6.07) is 3.15. The first-order chi connectivity index (χ1) is 11.0. The van der Waals surface area contributed by atoms with Gasteiger partial charge in [-0.25, -0.2) is 9.78 Å². The topological polar surface area (TPSA) is 96.3 Å². The molecular weight excluding hydrogens is 316 g/mol. The van der Waals surface area contributed by atoms with Crippen LogP contribution < -0.4 is 16.0 Å². The lowest BCUT2D eigenvalue weighted by Crippen LogP contribution is -2.42. The average molecular weight is 336 g/mol. The Labute approximate surface area is 138 Å². The van der Waals surface area contributed by atoms with E-state index in [1.54, 1.807) is 29.7 Å². The molecule has 0 spiro atoms. The highest BCUT2D eigenvalue weighted by Gasteiger charge is 2.07. The van der Waals surface area contributed by atoms with E-state index in [9.17, 15) is 9.59 Å². The van der Waals surface area contributed by atoms with Crippen molar-refractivity contribution in [2.75, 3.05) is 13.1 Å². The van der Waals surface area contributed by atoms with Crippen molar-refractivity contribution in [3.63, 3.8) is 0 Å². The molecule has 124 valence electrons. The van der Waals surface area contributed by atoms with Gasteiger partial charge in [-0.1, -0.05) is 0 Å². The summed E-state index contributed by atoms with van der Waals surface area (Å²) in [7, 11) is 0. The summed E-state index contributed by atoms with van der Waals surface area (Å²) >= 11 is 1.63. The van der Waals surface area contributed by atoms with Crippen molar-refractivity contribution in [2.24, 2.45) is 0 Å². The number of carbonyl (C=O) groups is 2. The molecule has 0 aliphatic carbocycles. The van der Waals surface area contributed by atoms with Gasteiger partial charge in [0.2, 0.25) is 5.91 Å². The van der Waals surface area contributed by atoms with Crippen LogP contribution in [0.25, 0.3) is 0 Å². The van der Waals surface area contributed by atoms with E-state index < -0.39 is 0 Å². The van der Waals surface area contributed by atoms with Gasteiger partial charge in [0, 0.05) is 17.8 Å². The third-order valence-corrected chi connectivity index (χ3v) is 4.22. The van der Waals surface area contributed by atoms with Crippen LogP contribution in [0, 0.1) is 13.8 Å². The fourth-order valence-corrected chi connectivity index (χ4v) is 2.92. The first kappa shape index (κ1) is 17.0. The predicted octanol–water partition coefficient (Wildman–Crippen LogP) is 1.51. The maximum Gasteiger partial charge on any atom is 0.315 e. The van der Waals surface area contributed by atoms with Crippen LogP contribution in [-0.2, 0) is 17.8 Å². The Morgan fingerprint density at radius 2 is 2.09 bits per heavy atom.